The van der Waals surface area contributed by atoms with Gasteiger partial charge >= 0.3 is 0 Å². The van der Waals surface area contributed by atoms with Gasteiger partial charge in [0.05, 0.1) is 17.9 Å². The zero-order valence-corrected chi connectivity index (χ0v) is 14.5. The molecule has 1 amide bonds. The van der Waals surface area contributed by atoms with Gasteiger partial charge in [0.2, 0.25) is 0 Å². The van der Waals surface area contributed by atoms with Gasteiger partial charge in [-0.3, -0.25) is 4.79 Å². The second-order valence-electron chi connectivity index (χ2n) is 6.25. The third kappa shape index (κ3) is 3.96. The van der Waals surface area contributed by atoms with Crippen molar-refractivity contribution < 1.29 is 13.9 Å². The number of carbonyl (C=O) groups excluding carboxylic acids is 1. The smallest absolute Gasteiger partial charge is 0.274 e. The zero-order valence-electron chi connectivity index (χ0n) is 14.5. The van der Waals surface area contributed by atoms with E-state index >= 15 is 0 Å². The van der Waals surface area contributed by atoms with Crippen LogP contribution in [0.4, 0.5) is 4.39 Å². The number of hydrogen-bond acceptors (Lipinski definition) is 3. The Bertz CT molecular complexity index is 792. The van der Waals surface area contributed by atoms with Crippen LogP contribution in [0.25, 0.3) is 0 Å². The van der Waals surface area contributed by atoms with Crippen molar-refractivity contribution in [3.63, 3.8) is 0 Å². The normalized spacial score (nSPS) is 17.3. The molecule has 5 nitrogen and oxygen atoms in total. The summed E-state index contributed by atoms with van der Waals surface area (Å²) in [7, 11) is 0. The summed E-state index contributed by atoms with van der Waals surface area (Å²) in [4.78, 5) is 12.0. The van der Waals surface area contributed by atoms with Crippen LogP contribution in [-0.2, 0) is 11.3 Å². The molecule has 0 spiro atoms. The summed E-state index contributed by atoms with van der Waals surface area (Å²) in [6, 6.07) is 7.84. The lowest BCUT2D eigenvalue weighted by atomic mass is 10.2. The highest BCUT2D eigenvalue weighted by Gasteiger charge is 2.18. The predicted molar refractivity (Wildman–Crippen MR) is 94.3 cm³/mol. The fraction of sp³-hybridized carbons (Fsp3) is 0.368. The molecule has 132 valence electrons. The number of rotatable bonds is 5. The number of hydrazone groups is 1. The molecule has 0 aliphatic carbocycles. The first-order valence-corrected chi connectivity index (χ1v) is 8.42. The first kappa shape index (κ1) is 17.4. The van der Waals surface area contributed by atoms with Crippen molar-refractivity contribution in [2.24, 2.45) is 5.10 Å². The van der Waals surface area contributed by atoms with Crippen LogP contribution in [0.5, 0.6) is 0 Å². The van der Waals surface area contributed by atoms with E-state index < -0.39 is 11.7 Å². The van der Waals surface area contributed by atoms with Gasteiger partial charge in [0.25, 0.3) is 5.91 Å². The molecule has 1 aromatic carbocycles. The van der Waals surface area contributed by atoms with Crippen molar-refractivity contribution in [3.8, 4) is 0 Å². The van der Waals surface area contributed by atoms with Crippen LogP contribution in [0.2, 0.25) is 0 Å². The van der Waals surface area contributed by atoms with E-state index in [9.17, 15) is 9.18 Å². The fourth-order valence-corrected chi connectivity index (χ4v) is 3.10. The highest BCUT2D eigenvalue weighted by molar-refractivity contribution is 5.95. The monoisotopic (exact) mass is 343 g/mol. The Morgan fingerprint density at radius 1 is 1.44 bits per heavy atom. The minimum atomic E-state index is -0.567. The number of amides is 1. The minimum Gasteiger partial charge on any atom is -0.376 e. The molecular formula is C19H22FN3O2. The van der Waals surface area contributed by atoms with Crippen LogP contribution >= 0.6 is 0 Å². The van der Waals surface area contributed by atoms with E-state index in [4.69, 9.17) is 4.74 Å². The fourth-order valence-electron chi connectivity index (χ4n) is 3.10. The summed E-state index contributed by atoms with van der Waals surface area (Å²) in [6.45, 7) is 5.72. The van der Waals surface area contributed by atoms with Gasteiger partial charge in [0.1, 0.15) is 5.82 Å². The van der Waals surface area contributed by atoms with Crippen LogP contribution < -0.4 is 5.43 Å². The van der Waals surface area contributed by atoms with Crippen LogP contribution in [0.1, 0.15) is 40.2 Å². The minimum absolute atomic E-state index is 0.0245. The van der Waals surface area contributed by atoms with Gasteiger partial charge in [-0.05, 0) is 44.9 Å². The zero-order chi connectivity index (χ0) is 17.8. The third-order valence-electron chi connectivity index (χ3n) is 4.51. The van der Waals surface area contributed by atoms with Gasteiger partial charge in [0, 0.05) is 30.1 Å². The summed E-state index contributed by atoms with van der Waals surface area (Å²) in [6.07, 6.45) is 4.04. The average Bonchev–Trinajstić information content (AvgIpc) is 3.19. The van der Waals surface area contributed by atoms with Crippen molar-refractivity contribution in [1.82, 2.24) is 9.99 Å². The first-order chi connectivity index (χ1) is 12.1. The van der Waals surface area contributed by atoms with E-state index in [2.05, 4.69) is 15.1 Å². The van der Waals surface area contributed by atoms with Crippen molar-refractivity contribution in [2.45, 2.75) is 39.3 Å². The number of ether oxygens (including phenoxy) is 1. The highest BCUT2D eigenvalue weighted by Crippen LogP contribution is 2.19. The molecule has 3 rings (SSSR count). The third-order valence-corrected chi connectivity index (χ3v) is 4.51. The molecule has 1 fully saturated rings. The molecule has 1 N–H and O–H groups in total. The van der Waals surface area contributed by atoms with Crippen molar-refractivity contribution in [3.05, 3.63) is 58.7 Å². The Morgan fingerprint density at radius 3 is 2.96 bits per heavy atom. The SMILES string of the molecule is Cc1cc(/C=N\NC(=O)c2ccccc2F)c(C)n1C[C@@H]1CCCO1. The largest absolute Gasteiger partial charge is 0.376 e. The highest BCUT2D eigenvalue weighted by atomic mass is 19.1. The number of nitrogens with one attached hydrogen (secondary N) is 1. The molecule has 1 aliphatic heterocycles. The van der Waals surface area contributed by atoms with Crippen LogP contribution in [0, 0.1) is 19.7 Å². The molecule has 2 heterocycles. The summed E-state index contributed by atoms with van der Waals surface area (Å²) < 4.78 is 21.5. The standard InChI is InChI=1S/C19H22FN3O2/c1-13-10-15(14(2)23(13)12-16-6-5-9-25-16)11-21-22-19(24)17-7-3-4-8-18(17)20/h3-4,7-8,10-11,16H,5-6,9,12H2,1-2H3,(H,22,24)/b21-11-/t16-/m0/s1. The molecule has 0 radical (unpaired) electrons. The molecule has 25 heavy (non-hydrogen) atoms. The Kier molecular flexibility index (Phi) is 5.28. The van der Waals surface area contributed by atoms with Gasteiger partial charge in [-0.15, -0.1) is 0 Å². The maximum Gasteiger partial charge on any atom is 0.274 e. The van der Waals surface area contributed by atoms with Gasteiger partial charge < -0.3 is 9.30 Å². The summed E-state index contributed by atoms with van der Waals surface area (Å²) in [5.74, 6) is -1.13. The van der Waals surface area contributed by atoms with E-state index in [1.54, 1.807) is 12.3 Å². The first-order valence-electron chi connectivity index (χ1n) is 8.42. The molecule has 6 heteroatoms. The number of hydrogen-bond donors (Lipinski definition) is 1. The number of aryl methyl sites for hydroxylation is 1. The Labute approximate surface area is 146 Å². The Morgan fingerprint density at radius 2 is 2.24 bits per heavy atom. The molecule has 1 saturated heterocycles. The molecular weight excluding hydrogens is 321 g/mol. The van der Waals surface area contributed by atoms with E-state index in [0.717, 1.165) is 42.9 Å². The van der Waals surface area contributed by atoms with Crippen LogP contribution in [0.15, 0.2) is 35.4 Å². The van der Waals surface area contributed by atoms with Gasteiger partial charge in [-0.25, -0.2) is 9.82 Å². The molecule has 1 atom stereocenters. The molecule has 1 aliphatic rings. The lowest BCUT2D eigenvalue weighted by Crippen LogP contribution is -2.19. The van der Waals surface area contributed by atoms with Crippen molar-refractivity contribution >= 4 is 12.1 Å². The van der Waals surface area contributed by atoms with Crippen LogP contribution in [-0.4, -0.2) is 29.4 Å². The van der Waals surface area contributed by atoms with E-state index in [1.165, 1.54) is 18.2 Å². The average molecular weight is 343 g/mol. The van der Waals surface area contributed by atoms with Crippen molar-refractivity contribution in [2.75, 3.05) is 6.61 Å². The van der Waals surface area contributed by atoms with E-state index in [-0.39, 0.29) is 11.7 Å². The maximum atomic E-state index is 13.6. The second-order valence-corrected chi connectivity index (χ2v) is 6.25. The molecule has 2 aromatic rings. The summed E-state index contributed by atoms with van der Waals surface area (Å²) in [5, 5.41) is 3.97. The second kappa shape index (κ2) is 7.61. The van der Waals surface area contributed by atoms with Crippen LogP contribution in [0.3, 0.4) is 0 Å². The Hall–Kier alpha value is -2.47. The van der Waals surface area contributed by atoms with Gasteiger partial charge in [0.15, 0.2) is 0 Å². The van der Waals surface area contributed by atoms with Gasteiger partial charge in [-0.1, -0.05) is 12.1 Å². The molecule has 1 aromatic heterocycles. The Balaban J connectivity index is 1.67. The number of carbonyl (C=O) groups is 1. The molecule has 0 unspecified atom stereocenters. The van der Waals surface area contributed by atoms with E-state index in [0.29, 0.717) is 0 Å². The van der Waals surface area contributed by atoms with Crippen molar-refractivity contribution in [1.29, 1.82) is 0 Å². The topological polar surface area (TPSA) is 55.6 Å². The number of benzene rings is 1. The lowest BCUT2D eigenvalue weighted by Gasteiger charge is -2.14. The maximum absolute atomic E-state index is 13.6. The van der Waals surface area contributed by atoms with Gasteiger partial charge in [-0.2, -0.15) is 5.10 Å². The molecule has 0 saturated carbocycles. The quantitative estimate of drug-likeness (QED) is 0.670. The van der Waals surface area contributed by atoms with E-state index in [1.807, 2.05) is 19.9 Å². The predicted octanol–water partition coefficient (Wildman–Crippen LogP) is 3.19. The number of nitrogens with zero attached hydrogens (tertiary/aromatic N) is 2. The number of aromatic nitrogens is 1. The lowest BCUT2D eigenvalue weighted by molar-refractivity contribution is 0.0950. The number of halogens is 1. The molecule has 0 bridgehead atoms. The summed E-state index contributed by atoms with van der Waals surface area (Å²) in [5.41, 5.74) is 5.46. The summed E-state index contributed by atoms with van der Waals surface area (Å²) >= 11 is 0.